The van der Waals surface area contributed by atoms with Crippen LogP contribution in [0.3, 0.4) is 0 Å². The molecule has 0 unspecified atom stereocenters. The largest absolute Gasteiger partial charge is 1.00 e. The fourth-order valence-corrected chi connectivity index (χ4v) is 1.03. The Morgan fingerprint density at radius 3 is 2.42 bits per heavy atom. The molecule has 0 spiro atoms. The number of amides is 1. The number of rotatable bonds is 4. The first-order chi connectivity index (χ1) is 4.92. The van der Waals surface area contributed by atoms with Gasteiger partial charge in [0.25, 0.3) is 10.1 Å². The molecule has 0 aromatic rings. The smallest absolute Gasteiger partial charge is 1.00 e. The van der Waals surface area contributed by atoms with Gasteiger partial charge < -0.3 is 6.74 Å². The van der Waals surface area contributed by atoms with Crippen LogP contribution in [0.25, 0.3) is 0 Å². The van der Waals surface area contributed by atoms with Gasteiger partial charge in [-0.25, -0.2) is 0 Å². The van der Waals surface area contributed by atoms with Gasteiger partial charge in [0.2, 0.25) is 5.91 Å². The molecule has 1 amide bonds. The predicted octanol–water partition coefficient (Wildman–Crippen LogP) is -3.48. The monoisotopic (exact) mass is 205 g/mol. The zero-order chi connectivity index (χ0) is 8.91. The second-order valence-corrected chi connectivity index (χ2v) is 3.69. The van der Waals surface area contributed by atoms with Gasteiger partial charge in [-0.2, -0.15) is 8.42 Å². The molecule has 12 heavy (non-hydrogen) atoms. The third-order valence-corrected chi connectivity index (χ3v) is 1.76. The van der Waals surface area contributed by atoms with E-state index in [0.29, 0.717) is 0 Å². The maximum absolute atomic E-state index is 10.2. The van der Waals surface area contributed by atoms with E-state index in [0.717, 1.165) is 0 Å². The van der Waals surface area contributed by atoms with Gasteiger partial charge in [-0.3, -0.25) is 9.35 Å². The van der Waals surface area contributed by atoms with Gasteiger partial charge in [-0.15, -0.1) is 0 Å². The molecule has 7 heteroatoms. The molecule has 0 aliphatic rings. The van der Waals surface area contributed by atoms with E-state index < -0.39 is 10.1 Å². The first kappa shape index (κ1) is 14.9. The van der Waals surface area contributed by atoms with Crippen molar-refractivity contribution < 1.29 is 48.7 Å². The summed E-state index contributed by atoms with van der Waals surface area (Å²) in [6, 6.07) is 0. The van der Waals surface area contributed by atoms with E-state index in [4.69, 9.17) is 4.55 Å². The molecule has 0 aliphatic carbocycles. The molecule has 0 aromatic carbocycles. The molecule has 0 radical (unpaired) electrons. The Hall–Kier alpha value is 0.380. The van der Waals surface area contributed by atoms with Crippen LogP contribution >= 0.6 is 0 Å². The van der Waals surface area contributed by atoms with E-state index in [2.05, 4.69) is 5.32 Å². The summed E-state index contributed by atoms with van der Waals surface area (Å²) in [6.45, 7) is 1.61. The fraction of sp³-hybridized carbons (Fsp3) is 0.800. The Balaban J connectivity index is -0.000000500. The molecular weight excluding hydrogens is 193 g/mol. The average Bonchev–Trinajstić information content (AvgIpc) is 1.78. The minimum absolute atomic E-state index is 0. The van der Waals surface area contributed by atoms with Crippen LogP contribution in [0.1, 0.15) is 14.8 Å². The Morgan fingerprint density at radius 2 is 2.08 bits per heavy atom. The first-order valence-corrected chi connectivity index (χ1v) is 4.72. The van der Waals surface area contributed by atoms with Crippen molar-refractivity contribution in [1.82, 2.24) is 5.32 Å². The summed E-state index contributed by atoms with van der Waals surface area (Å²) in [5.41, 5.74) is 0. The molecule has 0 atom stereocenters. The number of hydrogen-bond acceptors (Lipinski definition) is 3. The molecule has 2 N–H and O–H groups in total. The van der Waals surface area contributed by atoms with Crippen LogP contribution in [-0.4, -0.2) is 31.2 Å². The third kappa shape index (κ3) is 13.0. The predicted molar refractivity (Wildman–Crippen MR) is 40.8 cm³/mol. The van der Waals surface area contributed by atoms with E-state index in [9.17, 15) is 13.2 Å². The van der Waals surface area contributed by atoms with Gasteiger partial charge in [-0.05, 0) is 6.42 Å². The summed E-state index contributed by atoms with van der Waals surface area (Å²) in [5.74, 6) is -0.520. The van der Waals surface area contributed by atoms with Crippen molar-refractivity contribution >= 4 is 16.0 Å². The summed E-state index contributed by atoms with van der Waals surface area (Å²) in [4.78, 5) is 10.2. The molecule has 0 fully saturated rings. The Kier molecular flexibility index (Phi) is 8.49. The molecule has 0 saturated heterocycles. The molecule has 0 aromatic heterocycles. The maximum Gasteiger partial charge on any atom is 1.00 e. The number of carbonyl (C=O) groups is 1. The quantitative estimate of drug-likeness (QED) is 0.283. The molecule has 0 bridgehead atoms. The standard InChI is InChI=1S/C5H11NO4S.Na.H/c1-5(7)6-3-2-4-11(8,9)10;;/h2-4H2,1H3,(H,6,7)(H,8,9,10);;/q;+1;-1. The van der Waals surface area contributed by atoms with Gasteiger partial charge in [0.15, 0.2) is 0 Å². The van der Waals surface area contributed by atoms with E-state index in [1.165, 1.54) is 6.92 Å². The number of hydrogen-bond donors (Lipinski definition) is 2. The molecular formula is C5H12NNaO4S. The van der Waals surface area contributed by atoms with Crippen molar-refractivity contribution in [2.45, 2.75) is 13.3 Å². The van der Waals surface area contributed by atoms with E-state index >= 15 is 0 Å². The van der Waals surface area contributed by atoms with Crippen molar-refractivity contribution in [2.24, 2.45) is 0 Å². The van der Waals surface area contributed by atoms with Crippen molar-refractivity contribution in [3.63, 3.8) is 0 Å². The molecule has 0 rings (SSSR count). The number of nitrogens with one attached hydrogen (secondary N) is 1. The van der Waals surface area contributed by atoms with Gasteiger partial charge in [0.1, 0.15) is 0 Å². The van der Waals surface area contributed by atoms with Crippen molar-refractivity contribution in [3.8, 4) is 0 Å². The second kappa shape index (κ2) is 6.85. The average molecular weight is 205 g/mol. The SMILES string of the molecule is CC(=O)NCCCS(=O)(=O)O.[H-].[Na+]. The molecule has 0 aliphatic heterocycles. The fourth-order valence-electron chi connectivity index (χ4n) is 0.519. The summed E-state index contributed by atoms with van der Waals surface area (Å²) < 4.78 is 28.5. The Labute approximate surface area is 95.4 Å². The summed E-state index contributed by atoms with van der Waals surface area (Å²) >= 11 is 0. The third-order valence-electron chi connectivity index (χ3n) is 0.953. The first-order valence-electron chi connectivity index (χ1n) is 3.11. The molecule has 0 heterocycles. The van der Waals surface area contributed by atoms with E-state index in [1.807, 2.05) is 0 Å². The van der Waals surface area contributed by atoms with Gasteiger partial charge in [0, 0.05) is 13.5 Å². The Morgan fingerprint density at radius 1 is 1.58 bits per heavy atom. The van der Waals surface area contributed by atoms with Crippen LogP contribution in [0.4, 0.5) is 0 Å². The minimum Gasteiger partial charge on any atom is -1.00 e. The zero-order valence-electron chi connectivity index (χ0n) is 8.20. The van der Waals surface area contributed by atoms with Crippen molar-refractivity contribution in [3.05, 3.63) is 0 Å². The van der Waals surface area contributed by atoms with Crippen molar-refractivity contribution in [2.75, 3.05) is 12.3 Å². The van der Waals surface area contributed by atoms with E-state index in [1.54, 1.807) is 0 Å². The van der Waals surface area contributed by atoms with Gasteiger partial charge >= 0.3 is 29.6 Å². The van der Waals surface area contributed by atoms with Crippen LogP contribution in [0, 0.1) is 0 Å². The van der Waals surface area contributed by atoms with Gasteiger partial charge in [-0.1, -0.05) is 0 Å². The summed E-state index contributed by atoms with van der Waals surface area (Å²) in [5, 5.41) is 2.40. The molecule has 5 nitrogen and oxygen atoms in total. The summed E-state index contributed by atoms with van der Waals surface area (Å²) in [6.07, 6.45) is 0.235. The minimum atomic E-state index is -3.87. The van der Waals surface area contributed by atoms with Crippen LogP contribution in [0.15, 0.2) is 0 Å². The molecule has 0 saturated carbocycles. The maximum atomic E-state index is 10.2. The normalized spacial score (nSPS) is 10.2. The van der Waals surface area contributed by atoms with Crippen LogP contribution in [0.2, 0.25) is 0 Å². The van der Waals surface area contributed by atoms with Crippen LogP contribution < -0.4 is 34.9 Å². The number of carbonyl (C=O) groups excluding carboxylic acids is 1. The van der Waals surface area contributed by atoms with Gasteiger partial charge in [0.05, 0.1) is 5.75 Å². The van der Waals surface area contributed by atoms with E-state index in [-0.39, 0.29) is 55.6 Å². The van der Waals surface area contributed by atoms with Crippen LogP contribution in [-0.2, 0) is 14.9 Å². The van der Waals surface area contributed by atoms with Crippen LogP contribution in [0.5, 0.6) is 0 Å². The Bertz CT molecular complexity index is 231. The van der Waals surface area contributed by atoms with Crippen molar-refractivity contribution in [1.29, 1.82) is 0 Å². The second-order valence-electron chi connectivity index (χ2n) is 2.12. The zero-order valence-corrected chi connectivity index (χ0v) is 10.0. The topological polar surface area (TPSA) is 83.5 Å². The summed E-state index contributed by atoms with van der Waals surface area (Å²) in [7, 11) is -3.87. The molecule has 68 valence electrons.